The highest BCUT2D eigenvalue weighted by Gasteiger charge is 2.68. The molecule has 29 heavy (non-hydrogen) atoms. The van der Waals surface area contributed by atoms with E-state index in [2.05, 4.69) is 0 Å². The molecule has 130 valence electrons. The van der Waals surface area contributed by atoms with E-state index in [-0.39, 0.29) is 4.90 Å². The highest BCUT2D eigenvalue weighted by Crippen LogP contribution is 2.52. The summed E-state index contributed by atoms with van der Waals surface area (Å²) in [6, 6.07) is 0. The summed E-state index contributed by atoms with van der Waals surface area (Å²) in [4.78, 5) is 37.5. The van der Waals surface area contributed by atoms with E-state index in [0.29, 0.717) is 0 Å². The van der Waals surface area contributed by atoms with Gasteiger partial charge in [0.1, 0.15) is 42.8 Å². The van der Waals surface area contributed by atoms with E-state index >= 15 is 0 Å². The number of aliphatic hydroxyl groups is 2. The van der Waals surface area contributed by atoms with Crippen molar-refractivity contribution in [3.8, 4) is 0 Å². The fourth-order valence-corrected chi connectivity index (χ4v) is 3.44. The lowest BCUT2D eigenvalue weighted by atomic mass is 9.29. The number of hydrogen-bond donors (Lipinski definition) is 4. The molecule has 8 nitrogen and oxygen atoms in total. The van der Waals surface area contributed by atoms with Crippen molar-refractivity contribution < 1.29 is 29.0 Å². The average molecular weight is 378 g/mol. The standard InChI is InChI=1S/C13H5B7FN3O5/c14-3-1-2(6(22)4(15)5(3)21)12(18,29)24(7(1)25)10(16)8(26)23-9(27)11(17,28)13(10,19)20/h28-29H,22H2,(H,23,26,27)/t10-,11?,12?/m1/s1. The van der Waals surface area contributed by atoms with Gasteiger partial charge in [0.05, 0.1) is 26.6 Å². The molecule has 0 aromatic heterocycles. The Hall–Kier alpha value is -2.07. The number of nitrogens with zero attached hydrogens (tertiary/aromatic N) is 1. The largest absolute Gasteiger partial charge is 0.399 e. The Morgan fingerprint density at radius 2 is 1.48 bits per heavy atom. The van der Waals surface area contributed by atoms with Crippen molar-refractivity contribution in [3.63, 3.8) is 0 Å². The SMILES string of the molecule is [B]c1c(N)c2c(c([B])c1F)C(=O)N([C@]1([B])C(=O)NC(=O)C([B])(O)C1([B])[B])C2([B])O. The molecule has 0 aliphatic carbocycles. The Labute approximate surface area is 173 Å². The molecule has 1 saturated heterocycles. The Morgan fingerprint density at radius 3 is 2.00 bits per heavy atom. The molecule has 0 bridgehead atoms. The predicted octanol–water partition coefficient (Wildman–Crippen LogP) is -6.45. The summed E-state index contributed by atoms with van der Waals surface area (Å²) >= 11 is 0. The van der Waals surface area contributed by atoms with Crippen molar-refractivity contribution in [1.29, 1.82) is 0 Å². The molecule has 16 heteroatoms. The smallest absolute Gasteiger partial charge is 0.255 e. The van der Waals surface area contributed by atoms with E-state index < -0.39 is 73.1 Å². The normalized spacial score (nSPS) is 33.5. The number of fused-ring (bicyclic) bond motifs is 1. The van der Waals surface area contributed by atoms with Gasteiger partial charge in [-0.1, -0.05) is 0 Å². The van der Waals surface area contributed by atoms with Gasteiger partial charge in [-0.25, -0.2) is 4.39 Å². The van der Waals surface area contributed by atoms with Crippen LogP contribution in [0.2, 0.25) is 5.21 Å². The number of anilines is 1. The predicted molar refractivity (Wildman–Crippen MR) is 104 cm³/mol. The molecule has 3 rings (SSSR count). The van der Waals surface area contributed by atoms with Crippen molar-refractivity contribution >= 4 is 89.3 Å². The lowest BCUT2D eigenvalue weighted by Gasteiger charge is -2.61. The maximum Gasteiger partial charge on any atom is 0.255 e. The van der Waals surface area contributed by atoms with Gasteiger partial charge in [0, 0.05) is 16.8 Å². The number of amides is 3. The van der Waals surface area contributed by atoms with Crippen molar-refractivity contribution in [2.75, 3.05) is 5.73 Å². The quantitative estimate of drug-likeness (QED) is 0.218. The van der Waals surface area contributed by atoms with E-state index in [4.69, 9.17) is 60.7 Å². The number of hydrogen-bond acceptors (Lipinski definition) is 6. The number of carbonyl (C=O) groups excluding carboxylic acids is 3. The van der Waals surface area contributed by atoms with E-state index in [0.717, 1.165) is 0 Å². The average Bonchev–Trinajstić information content (AvgIpc) is 2.81. The molecule has 1 aromatic carbocycles. The first kappa shape index (κ1) is 21.6. The Morgan fingerprint density at radius 1 is 0.966 bits per heavy atom. The summed E-state index contributed by atoms with van der Waals surface area (Å²) in [5.74, 6) is -5.88. The fraction of sp³-hybridized carbons (Fsp3) is 0.308. The van der Waals surface area contributed by atoms with Gasteiger partial charge < -0.3 is 20.8 Å². The van der Waals surface area contributed by atoms with Crippen LogP contribution in [0.3, 0.4) is 0 Å². The third-order valence-electron chi connectivity index (χ3n) is 5.21. The third-order valence-corrected chi connectivity index (χ3v) is 5.21. The van der Waals surface area contributed by atoms with Crippen LogP contribution in [0.15, 0.2) is 0 Å². The van der Waals surface area contributed by atoms with Crippen LogP contribution in [0.25, 0.3) is 0 Å². The zero-order chi connectivity index (χ0) is 22.5. The van der Waals surface area contributed by atoms with Crippen molar-refractivity contribution in [3.05, 3.63) is 16.9 Å². The molecule has 3 atom stereocenters. The van der Waals surface area contributed by atoms with Crippen LogP contribution >= 0.6 is 0 Å². The molecule has 14 radical (unpaired) electrons. The van der Waals surface area contributed by atoms with Crippen LogP contribution in [0.1, 0.15) is 15.9 Å². The van der Waals surface area contributed by atoms with Gasteiger partial charge in [-0.15, -0.1) is 0 Å². The highest BCUT2D eigenvalue weighted by molar-refractivity contribution is 6.58. The minimum atomic E-state index is -3.23. The zero-order valence-corrected chi connectivity index (χ0v) is 14.6. The minimum Gasteiger partial charge on any atom is -0.399 e. The first-order valence-electron chi connectivity index (χ1n) is 7.73. The van der Waals surface area contributed by atoms with Gasteiger partial charge in [-0.3, -0.25) is 19.7 Å². The van der Waals surface area contributed by atoms with Crippen LogP contribution in [-0.4, -0.2) is 98.7 Å². The minimum absolute atomic E-state index is 0.0180. The number of halogens is 1. The molecule has 2 heterocycles. The Bertz CT molecular complexity index is 1020. The molecular weight excluding hydrogens is 373 g/mol. The molecule has 2 aliphatic heterocycles. The summed E-state index contributed by atoms with van der Waals surface area (Å²) in [7, 11) is 39.7. The lowest BCUT2D eigenvalue weighted by Crippen LogP contribution is -2.81. The van der Waals surface area contributed by atoms with Crippen LogP contribution in [0.5, 0.6) is 0 Å². The van der Waals surface area contributed by atoms with Crippen molar-refractivity contribution in [2.45, 2.75) is 21.8 Å². The Balaban J connectivity index is 2.37. The van der Waals surface area contributed by atoms with Crippen molar-refractivity contribution in [1.82, 2.24) is 10.2 Å². The second-order valence-corrected chi connectivity index (χ2v) is 6.86. The number of nitrogen functional groups attached to an aromatic ring is 1. The van der Waals surface area contributed by atoms with Crippen LogP contribution in [-0.2, 0) is 15.2 Å². The van der Waals surface area contributed by atoms with Gasteiger partial charge in [-0.2, -0.15) is 0 Å². The van der Waals surface area contributed by atoms with Crippen LogP contribution in [0, 0.1) is 5.82 Å². The summed E-state index contributed by atoms with van der Waals surface area (Å²) < 4.78 is 14.3. The summed E-state index contributed by atoms with van der Waals surface area (Å²) in [5, 5.41) is 19.6. The Kier molecular flexibility index (Phi) is 4.29. The molecule has 3 amide bonds. The van der Waals surface area contributed by atoms with Gasteiger partial charge in [0.2, 0.25) is 11.8 Å². The number of nitrogens with two attached hydrogens (primary N) is 1. The first-order valence-corrected chi connectivity index (χ1v) is 7.73. The highest BCUT2D eigenvalue weighted by atomic mass is 19.1. The van der Waals surface area contributed by atoms with Gasteiger partial charge in [0.15, 0.2) is 7.85 Å². The zero-order valence-electron chi connectivity index (χ0n) is 14.6. The molecule has 1 fully saturated rings. The van der Waals surface area contributed by atoms with E-state index in [9.17, 15) is 29.0 Å². The molecule has 2 aliphatic rings. The second kappa shape index (κ2) is 5.75. The first-order chi connectivity index (χ1) is 13.0. The molecule has 0 saturated carbocycles. The number of benzene rings is 1. The summed E-state index contributed by atoms with van der Waals surface area (Å²) in [6.07, 6.45) is 0. The summed E-state index contributed by atoms with van der Waals surface area (Å²) in [5.41, 5.74) is -7.63. The number of carbonyl (C=O) groups is 3. The van der Waals surface area contributed by atoms with E-state index in [1.165, 1.54) is 0 Å². The maximum absolute atomic E-state index is 14.3. The third kappa shape index (κ3) is 2.21. The number of imide groups is 1. The van der Waals surface area contributed by atoms with Crippen molar-refractivity contribution in [2.24, 2.45) is 0 Å². The number of rotatable bonds is 1. The number of nitrogens with one attached hydrogen (secondary N) is 1. The fourth-order valence-electron chi connectivity index (χ4n) is 3.44. The maximum atomic E-state index is 14.3. The monoisotopic (exact) mass is 379 g/mol. The van der Waals surface area contributed by atoms with Gasteiger partial charge in [-0.05, 0) is 16.1 Å². The second-order valence-electron chi connectivity index (χ2n) is 6.86. The lowest BCUT2D eigenvalue weighted by molar-refractivity contribution is -0.157. The molecule has 2 unspecified atom stereocenters. The molecule has 1 aromatic rings. The number of piperidine rings is 1. The molecular formula is C13H5B7FN3O5. The van der Waals surface area contributed by atoms with E-state index in [1.54, 1.807) is 5.32 Å². The topological polar surface area (TPSA) is 133 Å². The summed E-state index contributed by atoms with van der Waals surface area (Å²) in [6.45, 7) is 0. The van der Waals surface area contributed by atoms with Gasteiger partial charge in [0.25, 0.3) is 5.91 Å². The molecule has 5 N–H and O–H groups in total. The van der Waals surface area contributed by atoms with Crippen LogP contribution in [0.4, 0.5) is 10.1 Å². The molecule has 0 spiro atoms. The van der Waals surface area contributed by atoms with Gasteiger partial charge >= 0.3 is 0 Å². The van der Waals surface area contributed by atoms with Crippen LogP contribution < -0.4 is 22.0 Å². The van der Waals surface area contributed by atoms with E-state index in [1.807, 2.05) is 0 Å².